The highest BCUT2D eigenvalue weighted by molar-refractivity contribution is 7.99. The van der Waals surface area contributed by atoms with Crippen molar-refractivity contribution in [2.45, 2.75) is 25.8 Å². The first-order valence-electron chi connectivity index (χ1n) is 6.58. The average molecular weight is 266 g/mol. The Balaban J connectivity index is 2.27. The fraction of sp³-hybridized carbons (Fsp3) is 0.692. The van der Waals surface area contributed by atoms with Crippen molar-refractivity contribution >= 4 is 17.6 Å². The van der Waals surface area contributed by atoms with Crippen molar-refractivity contribution in [1.82, 2.24) is 14.9 Å². The molecule has 1 aliphatic heterocycles. The van der Waals surface area contributed by atoms with Gasteiger partial charge >= 0.3 is 0 Å². The van der Waals surface area contributed by atoms with Gasteiger partial charge in [-0.05, 0) is 13.5 Å². The molecule has 18 heavy (non-hydrogen) atoms. The molecule has 1 saturated heterocycles. The third-order valence-corrected chi connectivity index (χ3v) is 4.28. The van der Waals surface area contributed by atoms with Crippen LogP contribution in [0, 0.1) is 0 Å². The van der Waals surface area contributed by atoms with E-state index < -0.39 is 0 Å². The monoisotopic (exact) mass is 266 g/mol. The van der Waals surface area contributed by atoms with Crippen LogP contribution < -0.4 is 5.32 Å². The molecule has 1 unspecified atom stereocenters. The first kappa shape index (κ1) is 13.6. The summed E-state index contributed by atoms with van der Waals surface area (Å²) in [6.45, 7) is 3.30. The van der Waals surface area contributed by atoms with Crippen molar-refractivity contribution in [2.24, 2.45) is 0 Å². The van der Waals surface area contributed by atoms with E-state index in [0.717, 1.165) is 42.5 Å². The minimum atomic E-state index is 0.354. The van der Waals surface area contributed by atoms with Crippen LogP contribution in [0.15, 0.2) is 6.07 Å². The molecular weight excluding hydrogens is 244 g/mol. The van der Waals surface area contributed by atoms with E-state index in [2.05, 4.69) is 35.2 Å². The highest BCUT2D eigenvalue weighted by Gasteiger charge is 2.24. The van der Waals surface area contributed by atoms with Gasteiger partial charge in [-0.2, -0.15) is 11.8 Å². The van der Waals surface area contributed by atoms with Gasteiger partial charge in [0.15, 0.2) is 0 Å². The lowest BCUT2D eigenvalue weighted by atomic mass is 10.2. The van der Waals surface area contributed by atoms with E-state index in [4.69, 9.17) is 4.98 Å². The summed E-state index contributed by atoms with van der Waals surface area (Å²) in [6, 6.07) is 2.41. The van der Waals surface area contributed by atoms with Crippen LogP contribution in [0.5, 0.6) is 0 Å². The van der Waals surface area contributed by atoms with Gasteiger partial charge in [-0.1, -0.05) is 13.3 Å². The molecule has 1 N–H and O–H groups in total. The zero-order chi connectivity index (χ0) is 13.0. The number of aromatic nitrogens is 2. The minimum Gasteiger partial charge on any atom is -0.373 e. The number of thioether (sulfide) groups is 1. The Labute approximate surface area is 114 Å². The molecule has 0 saturated carbocycles. The Bertz CT molecular complexity index is 397. The predicted octanol–water partition coefficient (Wildman–Crippen LogP) is 2.19. The summed E-state index contributed by atoms with van der Waals surface area (Å²) < 4.78 is 0. The van der Waals surface area contributed by atoms with E-state index in [1.54, 1.807) is 0 Å². The third kappa shape index (κ3) is 3.14. The van der Waals surface area contributed by atoms with Crippen molar-refractivity contribution in [3.63, 3.8) is 0 Å². The third-order valence-electron chi connectivity index (χ3n) is 3.25. The Kier molecular flexibility index (Phi) is 4.83. The number of rotatable bonds is 4. The molecule has 1 fully saturated rings. The van der Waals surface area contributed by atoms with E-state index in [1.165, 1.54) is 5.75 Å². The molecule has 1 aromatic heterocycles. The molecule has 1 atom stereocenters. The summed E-state index contributed by atoms with van der Waals surface area (Å²) in [5.41, 5.74) is 1.15. The molecule has 5 heteroatoms. The summed E-state index contributed by atoms with van der Waals surface area (Å²) >= 11 is 1.99. The normalized spacial score (nSPS) is 20.9. The zero-order valence-corrected chi connectivity index (χ0v) is 12.3. The van der Waals surface area contributed by atoms with Gasteiger partial charge in [0.05, 0.1) is 6.04 Å². The van der Waals surface area contributed by atoms with E-state index in [1.807, 2.05) is 18.8 Å². The number of nitrogens with one attached hydrogen (secondary N) is 1. The second kappa shape index (κ2) is 6.38. The summed E-state index contributed by atoms with van der Waals surface area (Å²) in [5, 5.41) is 3.14. The Morgan fingerprint density at radius 2 is 2.33 bits per heavy atom. The molecule has 1 aliphatic rings. The smallest absolute Gasteiger partial charge is 0.148 e. The molecule has 100 valence electrons. The van der Waals surface area contributed by atoms with Crippen LogP contribution in [0.1, 0.15) is 30.9 Å². The molecule has 2 heterocycles. The number of hydrogen-bond acceptors (Lipinski definition) is 5. The fourth-order valence-corrected chi connectivity index (χ4v) is 3.35. The first-order chi connectivity index (χ1) is 8.74. The summed E-state index contributed by atoms with van der Waals surface area (Å²) in [7, 11) is 4.08. The largest absolute Gasteiger partial charge is 0.373 e. The van der Waals surface area contributed by atoms with Gasteiger partial charge in [-0.3, -0.25) is 4.90 Å². The molecule has 0 aromatic carbocycles. The number of hydrogen-bond donors (Lipinski definition) is 1. The molecule has 2 rings (SSSR count). The predicted molar refractivity (Wildman–Crippen MR) is 78.3 cm³/mol. The average Bonchev–Trinajstić information content (AvgIpc) is 2.39. The molecular formula is C13H22N4S. The van der Waals surface area contributed by atoms with Crippen LogP contribution in [0.25, 0.3) is 0 Å². The fourth-order valence-electron chi connectivity index (χ4n) is 2.14. The summed E-state index contributed by atoms with van der Waals surface area (Å²) in [6.07, 6.45) is 2.14. The van der Waals surface area contributed by atoms with Crippen LogP contribution in [0.4, 0.5) is 5.82 Å². The number of anilines is 1. The molecule has 4 nitrogen and oxygen atoms in total. The Morgan fingerprint density at radius 3 is 3.00 bits per heavy atom. The lowest BCUT2D eigenvalue weighted by Crippen LogP contribution is -2.34. The van der Waals surface area contributed by atoms with Gasteiger partial charge in [0, 0.05) is 36.9 Å². The minimum absolute atomic E-state index is 0.354. The van der Waals surface area contributed by atoms with Gasteiger partial charge in [0.2, 0.25) is 0 Å². The second-order valence-electron chi connectivity index (χ2n) is 4.67. The highest BCUT2D eigenvalue weighted by atomic mass is 32.2. The highest BCUT2D eigenvalue weighted by Crippen LogP contribution is 2.26. The standard InChI is InChI=1S/C13H22N4S/c1-4-5-10-8-12(14-2)16-13(15-10)11-9-18-7-6-17(11)3/h8,11H,4-7,9H2,1-3H3,(H,14,15,16). The van der Waals surface area contributed by atoms with Gasteiger partial charge in [-0.25, -0.2) is 9.97 Å². The molecule has 0 aliphatic carbocycles. The first-order valence-corrected chi connectivity index (χ1v) is 7.73. The quantitative estimate of drug-likeness (QED) is 0.904. The maximum atomic E-state index is 4.74. The molecule has 0 spiro atoms. The summed E-state index contributed by atoms with van der Waals surface area (Å²) in [4.78, 5) is 11.7. The van der Waals surface area contributed by atoms with Gasteiger partial charge in [0.1, 0.15) is 11.6 Å². The van der Waals surface area contributed by atoms with E-state index >= 15 is 0 Å². The van der Waals surface area contributed by atoms with Crippen molar-refractivity contribution < 1.29 is 0 Å². The van der Waals surface area contributed by atoms with Gasteiger partial charge in [-0.15, -0.1) is 0 Å². The maximum Gasteiger partial charge on any atom is 0.148 e. The Morgan fingerprint density at radius 1 is 1.50 bits per heavy atom. The van der Waals surface area contributed by atoms with Crippen LogP contribution in [0.2, 0.25) is 0 Å². The number of nitrogens with zero attached hydrogens (tertiary/aromatic N) is 3. The van der Waals surface area contributed by atoms with Crippen molar-refractivity contribution in [1.29, 1.82) is 0 Å². The molecule has 0 bridgehead atoms. The van der Waals surface area contributed by atoms with Crippen LogP contribution in [0.3, 0.4) is 0 Å². The van der Waals surface area contributed by atoms with E-state index in [0.29, 0.717) is 6.04 Å². The van der Waals surface area contributed by atoms with Crippen molar-refractivity contribution in [2.75, 3.05) is 37.5 Å². The van der Waals surface area contributed by atoms with Crippen LogP contribution in [-0.2, 0) is 6.42 Å². The van der Waals surface area contributed by atoms with E-state index in [-0.39, 0.29) is 0 Å². The van der Waals surface area contributed by atoms with Crippen molar-refractivity contribution in [3.8, 4) is 0 Å². The molecule has 1 aromatic rings. The molecule has 0 radical (unpaired) electrons. The second-order valence-corrected chi connectivity index (χ2v) is 5.82. The van der Waals surface area contributed by atoms with Crippen LogP contribution in [-0.4, -0.2) is 47.0 Å². The van der Waals surface area contributed by atoms with Gasteiger partial charge < -0.3 is 5.32 Å². The maximum absolute atomic E-state index is 4.74. The number of aryl methyl sites for hydroxylation is 1. The molecule has 0 amide bonds. The lowest BCUT2D eigenvalue weighted by molar-refractivity contribution is 0.264. The zero-order valence-electron chi connectivity index (χ0n) is 11.4. The van der Waals surface area contributed by atoms with Crippen LogP contribution >= 0.6 is 11.8 Å². The topological polar surface area (TPSA) is 41.1 Å². The van der Waals surface area contributed by atoms with E-state index in [9.17, 15) is 0 Å². The Hall–Kier alpha value is -0.810. The lowest BCUT2D eigenvalue weighted by Gasteiger charge is -2.31. The van der Waals surface area contributed by atoms with Crippen molar-refractivity contribution in [3.05, 3.63) is 17.6 Å². The summed E-state index contributed by atoms with van der Waals surface area (Å²) in [5.74, 6) is 4.21. The van der Waals surface area contributed by atoms with Gasteiger partial charge in [0.25, 0.3) is 0 Å². The SMILES string of the molecule is CCCc1cc(NC)nc(C2CSCCN2C)n1.